The number of amides is 2. The van der Waals surface area contributed by atoms with Crippen LogP contribution in [-0.4, -0.2) is 32.4 Å². The first-order valence-electron chi connectivity index (χ1n) is 10.5. The molecule has 0 saturated heterocycles. The van der Waals surface area contributed by atoms with Crippen LogP contribution in [0.4, 0.5) is 0 Å². The second kappa shape index (κ2) is 9.74. The van der Waals surface area contributed by atoms with E-state index >= 15 is 0 Å². The average molecular weight is 448 g/mol. The van der Waals surface area contributed by atoms with Crippen LogP contribution < -0.4 is 10.6 Å². The highest BCUT2D eigenvalue weighted by Crippen LogP contribution is 2.26. The lowest BCUT2D eigenvalue weighted by Gasteiger charge is -2.20. The number of thiazole rings is 1. The number of carbonyl (C=O) groups excluding carboxylic acids is 2. The second-order valence-corrected chi connectivity index (χ2v) is 8.97. The highest BCUT2D eigenvalue weighted by atomic mass is 32.1. The van der Waals surface area contributed by atoms with E-state index in [2.05, 4.69) is 20.6 Å². The third-order valence-electron chi connectivity index (χ3n) is 4.96. The Morgan fingerprint density at radius 2 is 1.91 bits per heavy atom. The number of hydrogen-bond donors (Lipinski definition) is 2. The molecule has 3 aromatic heterocycles. The monoisotopic (exact) mass is 447 g/mol. The van der Waals surface area contributed by atoms with Crippen molar-refractivity contribution in [3.05, 3.63) is 78.4 Å². The molecule has 2 amide bonds. The van der Waals surface area contributed by atoms with Crippen LogP contribution in [0.3, 0.4) is 0 Å². The van der Waals surface area contributed by atoms with Crippen molar-refractivity contribution in [1.82, 2.24) is 25.2 Å². The fraction of sp³-hybridized carbons (Fsp3) is 0.250. The van der Waals surface area contributed by atoms with Crippen molar-refractivity contribution in [2.24, 2.45) is 5.92 Å². The zero-order chi connectivity index (χ0) is 22.5. The van der Waals surface area contributed by atoms with Crippen LogP contribution in [0.15, 0.2) is 67.1 Å². The first-order chi connectivity index (χ1) is 15.5. The van der Waals surface area contributed by atoms with Crippen molar-refractivity contribution >= 4 is 33.4 Å². The van der Waals surface area contributed by atoms with Crippen molar-refractivity contribution in [3.8, 4) is 5.13 Å². The minimum absolute atomic E-state index is 0.216. The molecule has 0 radical (unpaired) electrons. The van der Waals surface area contributed by atoms with Gasteiger partial charge in [-0.1, -0.05) is 31.3 Å². The topological polar surface area (TPSA) is 88.9 Å². The van der Waals surface area contributed by atoms with Crippen LogP contribution in [0.5, 0.6) is 0 Å². The molecule has 0 saturated carbocycles. The summed E-state index contributed by atoms with van der Waals surface area (Å²) in [6, 6.07) is 14.2. The van der Waals surface area contributed by atoms with E-state index in [-0.39, 0.29) is 17.7 Å². The van der Waals surface area contributed by atoms with E-state index in [4.69, 9.17) is 0 Å². The first-order valence-corrected chi connectivity index (χ1v) is 11.3. The number of aromatic nitrogens is 3. The molecule has 0 fully saturated rings. The molecule has 0 aliphatic heterocycles. The quantitative estimate of drug-likeness (QED) is 0.428. The number of carbonyl (C=O) groups is 2. The van der Waals surface area contributed by atoms with Gasteiger partial charge < -0.3 is 15.2 Å². The summed E-state index contributed by atoms with van der Waals surface area (Å²) in [5.74, 6) is -0.248. The number of rotatable bonds is 8. The summed E-state index contributed by atoms with van der Waals surface area (Å²) in [7, 11) is 0. The molecule has 0 spiro atoms. The Morgan fingerprint density at radius 1 is 1.09 bits per heavy atom. The van der Waals surface area contributed by atoms with Gasteiger partial charge >= 0.3 is 0 Å². The van der Waals surface area contributed by atoms with Crippen molar-refractivity contribution in [3.63, 3.8) is 0 Å². The lowest BCUT2D eigenvalue weighted by Crippen LogP contribution is -2.47. The molecule has 8 heteroatoms. The van der Waals surface area contributed by atoms with Crippen LogP contribution >= 0.6 is 11.3 Å². The minimum atomic E-state index is -0.626. The Hall–Kier alpha value is -3.52. The molecule has 4 rings (SSSR count). The molecule has 0 unspecified atom stereocenters. The van der Waals surface area contributed by atoms with E-state index in [1.165, 1.54) is 11.3 Å². The molecule has 0 bridgehead atoms. The fourth-order valence-corrected chi connectivity index (χ4v) is 4.35. The molecule has 2 N–H and O–H groups in total. The van der Waals surface area contributed by atoms with Gasteiger partial charge in [0, 0.05) is 24.2 Å². The third-order valence-corrected chi connectivity index (χ3v) is 6.00. The third kappa shape index (κ3) is 5.20. The number of hydrogen-bond acceptors (Lipinski definition) is 5. The standard InChI is InChI=1S/C24H25N5O2S/c1-16(2)13-20(23(31)26-15-18-7-3-4-10-25-18)27-22(30)17-8-9-19-21(14-17)32-24(28-19)29-11-5-6-12-29/h3-12,14,16,20H,13,15H2,1-2H3,(H,26,31)(H,27,30)/t20-/m1/s1. The minimum Gasteiger partial charge on any atom is -0.349 e. The van der Waals surface area contributed by atoms with Gasteiger partial charge in [-0.3, -0.25) is 14.6 Å². The van der Waals surface area contributed by atoms with E-state index in [0.29, 0.717) is 18.5 Å². The smallest absolute Gasteiger partial charge is 0.251 e. The lowest BCUT2D eigenvalue weighted by atomic mass is 10.0. The Labute approximate surface area is 190 Å². The van der Waals surface area contributed by atoms with Gasteiger partial charge in [0.15, 0.2) is 5.13 Å². The maximum Gasteiger partial charge on any atom is 0.251 e. The summed E-state index contributed by atoms with van der Waals surface area (Å²) in [5, 5.41) is 6.63. The van der Waals surface area contributed by atoms with Crippen LogP contribution in [0.2, 0.25) is 0 Å². The Balaban J connectivity index is 1.47. The molecule has 164 valence electrons. The Morgan fingerprint density at radius 3 is 2.62 bits per heavy atom. The molecule has 4 aromatic rings. The Bertz CT molecular complexity index is 1200. The van der Waals surface area contributed by atoms with Gasteiger partial charge in [0.1, 0.15) is 6.04 Å². The first kappa shape index (κ1) is 21.7. The zero-order valence-corrected chi connectivity index (χ0v) is 18.8. The van der Waals surface area contributed by atoms with Gasteiger partial charge in [0.05, 0.1) is 22.5 Å². The summed E-state index contributed by atoms with van der Waals surface area (Å²) in [4.78, 5) is 34.6. The maximum absolute atomic E-state index is 13.0. The van der Waals surface area contributed by atoms with Crippen LogP contribution in [0.1, 0.15) is 36.3 Å². The zero-order valence-electron chi connectivity index (χ0n) is 18.0. The highest BCUT2D eigenvalue weighted by molar-refractivity contribution is 7.20. The largest absolute Gasteiger partial charge is 0.349 e. The van der Waals surface area contributed by atoms with E-state index in [1.807, 2.05) is 73.3 Å². The number of nitrogens with zero attached hydrogens (tertiary/aromatic N) is 3. The number of nitrogens with one attached hydrogen (secondary N) is 2. The van der Waals surface area contributed by atoms with Crippen LogP contribution in [0, 0.1) is 5.92 Å². The summed E-state index contributed by atoms with van der Waals surface area (Å²) in [5.41, 5.74) is 2.11. The summed E-state index contributed by atoms with van der Waals surface area (Å²) in [6.45, 7) is 4.37. The van der Waals surface area contributed by atoms with Gasteiger partial charge in [0.2, 0.25) is 5.91 Å². The van der Waals surface area contributed by atoms with Gasteiger partial charge in [0.25, 0.3) is 5.91 Å². The van der Waals surface area contributed by atoms with Gasteiger partial charge in [-0.15, -0.1) is 0 Å². The van der Waals surface area contributed by atoms with Crippen molar-refractivity contribution < 1.29 is 9.59 Å². The molecule has 1 aromatic carbocycles. The average Bonchev–Trinajstić information content (AvgIpc) is 3.46. The number of fused-ring (bicyclic) bond motifs is 1. The van der Waals surface area contributed by atoms with Crippen LogP contribution in [-0.2, 0) is 11.3 Å². The van der Waals surface area contributed by atoms with E-state index in [9.17, 15) is 9.59 Å². The maximum atomic E-state index is 13.0. The van der Waals surface area contributed by atoms with Gasteiger partial charge in [-0.2, -0.15) is 0 Å². The van der Waals surface area contributed by atoms with Gasteiger partial charge in [-0.25, -0.2) is 4.98 Å². The molecule has 0 aliphatic rings. The summed E-state index contributed by atoms with van der Waals surface area (Å²) in [6.07, 6.45) is 6.10. The summed E-state index contributed by atoms with van der Waals surface area (Å²) >= 11 is 1.51. The highest BCUT2D eigenvalue weighted by Gasteiger charge is 2.23. The van der Waals surface area contributed by atoms with Crippen molar-refractivity contribution in [2.75, 3.05) is 0 Å². The van der Waals surface area contributed by atoms with Crippen molar-refractivity contribution in [1.29, 1.82) is 0 Å². The predicted octanol–water partition coefficient (Wildman–Crippen LogP) is 3.94. The van der Waals surface area contributed by atoms with Gasteiger partial charge in [-0.05, 0) is 54.8 Å². The van der Waals surface area contributed by atoms with Crippen LogP contribution in [0.25, 0.3) is 15.3 Å². The summed E-state index contributed by atoms with van der Waals surface area (Å²) < 4.78 is 2.86. The molecule has 3 heterocycles. The molecule has 7 nitrogen and oxygen atoms in total. The van der Waals surface area contributed by atoms with E-state index in [0.717, 1.165) is 21.0 Å². The fourth-order valence-electron chi connectivity index (χ4n) is 3.37. The molecule has 1 atom stereocenters. The lowest BCUT2D eigenvalue weighted by molar-refractivity contribution is -0.123. The van der Waals surface area contributed by atoms with E-state index in [1.54, 1.807) is 12.3 Å². The molecule has 32 heavy (non-hydrogen) atoms. The molecule has 0 aliphatic carbocycles. The van der Waals surface area contributed by atoms with Crippen molar-refractivity contribution in [2.45, 2.75) is 32.9 Å². The predicted molar refractivity (Wildman–Crippen MR) is 126 cm³/mol. The Kier molecular flexibility index (Phi) is 6.61. The molecular formula is C24H25N5O2S. The number of pyridine rings is 1. The second-order valence-electron chi connectivity index (χ2n) is 7.96. The number of benzene rings is 1. The molecular weight excluding hydrogens is 422 g/mol. The van der Waals surface area contributed by atoms with E-state index < -0.39 is 6.04 Å². The normalized spacial score (nSPS) is 12.1. The SMILES string of the molecule is CC(C)C[C@@H](NC(=O)c1ccc2nc(-n3cccc3)sc2c1)C(=O)NCc1ccccn1.